The van der Waals surface area contributed by atoms with E-state index in [0.29, 0.717) is 5.56 Å². The van der Waals surface area contributed by atoms with Crippen LogP contribution in [-0.2, 0) is 12.8 Å². The average Bonchev–Trinajstić information content (AvgIpc) is 2.76. The van der Waals surface area contributed by atoms with Gasteiger partial charge in [0, 0.05) is 5.56 Å². The van der Waals surface area contributed by atoms with Crippen molar-refractivity contribution in [3.63, 3.8) is 0 Å². The van der Waals surface area contributed by atoms with Gasteiger partial charge in [-0.1, -0.05) is 75.1 Å². The van der Waals surface area contributed by atoms with Gasteiger partial charge in [-0.15, -0.1) is 6.58 Å². The van der Waals surface area contributed by atoms with Crippen LogP contribution in [0.1, 0.15) is 74.1 Å². The Labute approximate surface area is 176 Å². The van der Waals surface area contributed by atoms with Crippen LogP contribution in [0.5, 0.6) is 0 Å². The predicted molar refractivity (Wildman–Crippen MR) is 121 cm³/mol. The molecule has 29 heavy (non-hydrogen) atoms. The van der Waals surface area contributed by atoms with Crippen molar-refractivity contribution in [1.82, 2.24) is 0 Å². The van der Waals surface area contributed by atoms with E-state index in [4.69, 9.17) is 0 Å². The predicted octanol–water partition coefficient (Wildman–Crippen LogP) is 7.49. The van der Waals surface area contributed by atoms with Crippen LogP contribution in [0, 0.1) is 29.5 Å². The zero-order valence-corrected chi connectivity index (χ0v) is 17.7. The largest absolute Gasteiger partial charge is 0.206 e. The summed E-state index contributed by atoms with van der Waals surface area (Å²) in [5, 5.41) is 0. The molecule has 2 aromatic rings. The van der Waals surface area contributed by atoms with Crippen molar-refractivity contribution in [2.24, 2.45) is 11.8 Å². The van der Waals surface area contributed by atoms with E-state index in [1.807, 2.05) is 12.1 Å². The second-order valence-electron chi connectivity index (χ2n) is 8.42. The molecule has 0 bridgehead atoms. The molecule has 0 aromatic heterocycles. The third-order valence-corrected chi connectivity index (χ3v) is 6.35. The maximum atomic E-state index is 14.2. The summed E-state index contributed by atoms with van der Waals surface area (Å²) in [6, 6.07) is 13.8. The van der Waals surface area contributed by atoms with Crippen LogP contribution < -0.4 is 0 Å². The van der Waals surface area contributed by atoms with E-state index in [-0.39, 0.29) is 5.82 Å². The first kappa shape index (κ1) is 21.4. The number of hydrogen-bond donors (Lipinski definition) is 0. The maximum Gasteiger partial charge on any atom is 0.139 e. The molecule has 1 saturated carbocycles. The Morgan fingerprint density at radius 1 is 0.931 bits per heavy atom. The number of allylic oxidation sites excluding steroid dienone is 1. The molecule has 0 N–H and O–H groups in total. The van der Waals surface area contributed by atoms with E-state index < -0.39 is 0 Å². The fourth-order valence-electron chi connectivity index (χ4n) is 4.28. The Hall–Kier alpha value is -2.33. The van der Waals surface area contributed by atoms with Gasteiger partial charge in [0.15, 0.2) is 0 Å². The van der Waals surface area contributed by atoms with Crippen LogP contribution in [0.2, 0.25) is 0 Å². The maximum absolute atomic E-state index is 14.2. The molecule has 0 radical (unpaired) electrons. The van der Waals surface area contributed by atoms with Gasteiger partial charge in [0.25, 0.3) is 0 Å². The number of benzene rings is 2. The molecule has 1 fully saturated rings. The first-order chi connectivity index (χ1) is 14.2. The SMILES string of the molecule is C=CCCc1ccc(C#Cc2ccc(CCC3CCC(CC)CC3)cc2)c(F)c1. The van der Waals surface area contributed by atoms with E-state index in [1.54, 1.807) is 12.1 Å². The molecule has 0 nitrogen and oxygen atoms in total. The van der Waals surface area contributed by atoms with Gasteiger partial charge in [-0.25, -0.2) is 4.39 Å². The lowest BCUT2D eigenvalue weighted by molar-refractivity contribution is 0.259. The van der Waals surface area contributed by atoms with Crippen LogP contribution in [0.4, 0.5) is 4.39 Å². The van der Waals surface area contributed by atoms with Crippen LogP contribution in [-0.4, -0.2) is 0 Å². The highest BCUT2D eigenvalue weighted by molar-refractivity contribution is 5.44. The van der Waals surface area contributed by atoms with Crippen molar-refractivity contribution in [2.45, 2.75) is 64.7 Å². The molecule has 0 saturated heterocycles. The lowest BCUT2D eigenvalue weighted by atomic mass is 9.78. The standard InChI is InChI=1S/C28H33F/c1-3-5-6-26-18-20-27(28(29)21-26)19-17-25-15-13-24(14-16-25)12-11-23-9-7-22(4-2)8-10-23/h3,13-16,18,20-23H,1,4-12H2,2H3. The monoisotopic (exact) mass is 388 g/mol. The Bertz CT molecular complexity index is 842. The van der Waals surface area contributed by atoms with Crippen molar-refractivity contribution in [3.8, 4) is 11.8 Å². The Kier molecular flexibility index (Phi) is 8.12. The number of halogens is 1. The molecule has 1 aliphatic carbocycles. The van der Waals surface area contributed by atoms with Gasteiger partial charge in [-0.2, -0.15) is 0 Å². The highest BCUT2D eigenvalue weighted by atomic mass is 19.1. The smallest absolute Gasteiger partial charge is 0.139 e. The number of aryl methyl sites for hydroxylation is 2. The third kappa shape index (κ3) is 6.60. The molecule has 0 aliphatic heterocycles. The zero-order valence-electron chi connectivity index (χ0n) is 17.7. The first-order valence-electron chi connectivity index (χ1n) is 11.2. The van der Waals surface area contributed by atoms with E-state index in [2.05, 4.69) is 49.6 Å². The van der Waals surface area contributed by atoms with E-state index in [1.165, 1.54) is 44.1 Å². The molecular formula is C28H33F. The van der Waals surface area contributed by atoms with Crippen LogP contribution in [0.3, 0.4) is 0 Å². The highest BCUT2D eigenvalue weighted by Gasteiger charge is 2.19. The van der Waals surface area contributed by atoms with Crippen molar-refractivity contribution in [1.29, 1.82) is 0 Å². The molecule has 3 rings (SSSR count). The van der Waals surface area contributed by atoms with Crippen molar-refractivity contribution in [2.75, 3.05) is 0 Å². The molecular weight excluding hydrogens is 355 g/mol. The van der Waals surface area contributed by atoms with Gasteiger partial charge in [-0.05, 0) is 72.9 Å². The minimum atomic E-state index is -0.242. The van der Waals surface area contributed by atoms with Gasteiger partial charge in [0.1, 0.15) is 5.82 Å². The minimum Gasteiger partial charge on any atom is -0.206 e. The summed E-state index contributed by atoms with van der Waals surface area (Å²) < 4.78 is 14.2. The lowest BCUT2D eigenvalue weighted by Crippen LogP contribution is -2.14. The normalized spacial score (nSPS) is 18.7. The van der Waals surface area contributed by atoms with Crippen LogP contribution >= 0.6 is 0 Å². The summed E-state index contributed by atoms with van der Waals surface area (Å²) in [6.07, 6.45) is 13.0. The molecule has 2 aromatic carbocycles. The fraction of sp³-hybridized carbons (Fsp3) is 0.429. The molecule has 0 spiro atoms. The first-order valence-corrected chi connectivity index (χ1v) is 11.2. The minimum absolute atomic E-state index is 0.242. The summed E-state index contributed by atoms with van der Waals surface area (Å²) in [5.41, 5.74) is 3.76. The molecule has 0 unspecified atom stereocenters. The quantitative estimate of drug-likeness (QED) is 0.340. The van der Waals surface area contributed by atoms with E-state index >= 15 is 0 Å². The Morgan fingerprint density at radius 2 is 1.62 bits per heavy atom. The summed E-state index contributed by atoms with van der Waals surface area (Å²) >= 11 is 0. The summed E-state index contributed by atoms with van der Waals surface area (Å²) in [4.78, 5) is 0. The van der Waals surface area contributed by atoms with E-state index in [9.17, 15) is 4.39 Å². The second kappa shape index (κ2) is 11.0. The van der Waals surface area contributed by atoms with Gasteiger partial charge < -0.3 is 0 Å². The Balaban J connectivity index is 1.53. The summed E-state index contributed by atoms with van der Waals surface area (Å²) in [6.45, 7) is 6.03. The third-order valence-electron chi connectivity index (χ3n) is 6.35. The lowest BCUT2D eigenvalue weighted by Gasteiger charge is -2.27. The molecule has 1 aliphatic rings. The second-order valence-corrected chi connectivity index (χ2v) is 8.42. The fourth-order valence-corrected chi connectivity index (χ4v) is 4.28. The van der Waals surface area contributed by atoms with Crippen LogP contribution in [0.25, 0.3) is 0 Å². The van der Waals surface area contributed by atoms with Crippen molar-refractivity contribution < 1.29 is 4.39 Å². The van der Waals surface area contributed by atoms with Crippen molar-refractivity contribution in [3.05, 3.63) is 83.2 Å². The molecule has 1 heteroatoms. The van der Waals surface area contributed by atoms with Crippen molar-refractivity contribution >= 4 is 0 Å². The highest BCUT2D eigenvalue weighted by Crippen LogP contribution is 2.33. The number of rotatable bonds is 7. The van der Waals surface area contributed by atoms with Gasteiger partial charge in [0.05, 0.1) is 5.56 Å². The summed E-state index contributed by atoms with van der Waals surface area (Å²) in [7, 11) is 0. The molecule has 0 amide bonds. The summed E-state index contributed by atoms with van der Waals surface area (Å²) in [5.74, 6) is 7.71. The van der Waals surface area contributed by atoms with Crippen LogP contribution in [0.15, 0.2) is 55.1 Å². The Morgan fingerprint density at radius 3 is 2.28 bits per heavy atom. The molecule has 0 heterocycles. The van der Waals surface area contributed by atoms with Gasteiger partial charge >= 0.3 is 0 Å². The molecule has 152 valence electrons. The number of hydrogen-bond acceptors (Lipinski definition) is 0. The molecule has 0 atom stereocenters. The van der Waals surface area contributed by atoms with Gasteiger partial charge in [0.2, 0.25) is 0 Å². The topological polar surface area (TPSA) is 0 Å². The van der Waals surface area contributed by atoms with Gasteiger partial charge in [-0.3, -0.25) is 0 Å². The zero-order chi connectivity index (χ0) is 20.5. The average molecular weight is 389 g/mol. The van der Waals surface area contributed by atoms with E-state index in [0.717, 1.165) is 42.2 Å².